The van der Waals surface area contributed by atoms with Gasteiger partial charge in [0.25, 0.3) is 0 Å². The first-order valence-electron chi connectivity index (χ1n) is 5.68. The fourth-order valence-electron chi connectivity index (χ4n) is 1.81. The van der Waals surface area contributed by atoms with Crippen LogP contribution in [0.5, 0.6) is 0 Å². The number of benzene rings is 1. The number of halogens is 4. The van der Waals surface area contributed by atoms with Crippen LogP contribution in [-0.2, 0) is 0 Å². The predicted molar refractivity (Wildman–Crippen MR) is 63.0 cm³/mol. The molecule has 1 heterocycles. The lowest BCUT2D eigenvalue weighted by atomic mass is 10.1. The minimum Gasteiger partial charge on any atom is -0.398 e. The molecule has 0 radical (unpaired) electrons. The van der Waals surface area contributed by atoms with Gasteiger partial charge >= 0.3 is 6.18 Å². The molecule has 0 fully saturated rings. The predicted octanol–water partition coefficient (Wildman–Crippen LogP) is 2.57. The molecule has 0 amide bonds. The lowest BCUT2D eigenvalue weighted by Gasteiger charge is -2.15. The van der Waals surface area contributed by atoms with E-state index in [0.29, 0.717) is 0 Å². The van der Waals surface area contributed by atoms with E-state index in [9.17, 15) is 17.6 Å². The van der Waals surface area contributed by atoms with Crippen LogP contribution in [0.15, 0.2) is 18.2 Å². The summed E-state index contributed by atoms with van der Waals surface area (Å²) in [6.07, 6.45) is -5.45. The van der Waals surface area contributed by atoms with Crippen molar-refractivity contribution in [1.29, 1.82) is 0 Å². The van der Waals surface area contributed by atoms with Crippen LogP contribution in [0.1, 0.15) is 19.4 Å². The minimum atomic E-state index is -4.35. The maximum absolute atomic E-state index is 13.2. The third-order valence-corrected chi connectivity index (χ3v) is 2.69. The van der Waals surface area contributed by atoms with Gasteiger partial charge in [0.1, 0.15) is 5.82 Å². The monoisotopic (exact) mass is 289 g/mol. The van der Waals surface area contributed by atoms with Crippen molar-refractivity contribution in [3.05, 3.63) is 24.0 Å². The first-order valence-corrected chi connectivity index (χ1v) is 5.68. The average Bonchev–Trinajstić information content (AvgIpc) is 2.79. The van der Waals surface area contributed by atoms with Gasteiger partial charge in [-0.1, -0.05) is 0 Å². The van der Waals surface area contributed by atoms with Gasteiger partial charge in [0, 0.05) is 11.3 Å². The quantitative estimate of drug-likeness (QED) is 0.696. The highest BCUT2D eigenvalue weighted by atomic mass is 19.4. The Morgan fingerprint density at radius 1 is 1.35 bits per heavy atom. The van der Waals surface area contributed by atoms with E-state index in [2.05, 4.69) is 15.5 Å². The van der Waals surface area contributed by atoms with Crippen molar-refractivity contribution in [1.82, 2.24) is 20.2 Å². The SMILES string of the molecule is CC(CC(F)(F)F)n1nnnc1-c1cc(F)ccc1N. The molecule has 0 bridgehead atoms. The summed E-state index contributed by atoms with van der Waals surface area (Å²) in [4.78, 5) is 0. The molecule has 1 unspecified atom stereocenters. The largest absolute Gasteiger partial charge is 0.398 e. The molecule has 0 aliphatic rings. The number of anilines is 1. The van der Waals surface area contributed by atoms with Gasteiger partial charge in [-0.25, -0.2) is 9.07 Å². The fraction of sp³-hybridized carbons (Fsp3) is 0.364. The molecule has 108 valence electrons. The van der Waals surface area contributed by atoms with Gasteiger partial charge in [-0.2, -0.15) is 13.2 Å². The summed E-state index contributed by atoms with van der Waals surface area (Å²) >= 11 is 0. The standard InChI is InChI=1S/C11H11F4N5/c1-6(5-11(13,14)15)20-10(17-18-19-20)8-4-7(12)2-3-9(8)16/h2-4,6H,5,16H2,1H3. The van der Waals surface area contributed by atoms with Crippen molar-refractivity contribution in [3.8, 4) is 11.4 Å². The minimum absolute atomic E-state index is 0.00116. The van der Waals surface area contributed by atoms with Crippen molar-refractivity contribution in [2.75, 3.05) is 5.73 Å². The van der Waals surface area contributed by atoms with E-state index < -0.39 is 24.5 Å². The van der Waals surface area contributed by atoms with E-state index in [4.69, 9.17) is 5.73 Å². The second-order valence-electron chi connectivity index (χ2n) is 4.35. The van der Waals surface area contributed by atoms with Gasteiger partial charge < -0.3 is 5.73 Å². The highest BCUT2D eigenvalue weighted by molar-refractivity contribution is 5.71. The smallest absolute Gasteiger partial charge is 0.391 e. The summed E-state index contributed by atoms with van der Waals surface area (Å²) in [7, 11) is 0. The maximum Gasteiger partial charge on any atom is 0.391 e. The van der Waals surface area contributed by atoms with E-state index in [1.165, 1.54) is 13.0 Å². The van der Waals surface area contributed by atoms with Gasteiger partial charge in [0.2, 0.25) is 0 Å². The third-order valence-electron chi connectivity index (χ3n) is 2.69. The zero-order valence-electron chi connectivity index (χ0n) is 10.4. The number of rotatable bonds is 3. The van der Waals surface area contributed by atoms with Crippen LogP contribution in [0.2, 0.25) is 0 Å². The normalized spacial score (nSPS) is 13.4. The molecule has 2 aromatic rings. The van der Waals surface area contributed by atoms with Crippen molar-refractivity contribution in [2.24, 2.45) is 0 Å². The van der Waals surface area contributed by atoms with E-state index in [-0.39, 0.29) is 17.1 Å². The highest BCUT2D eigenvalue weighted by Gasteiger charge is 2.32. The number of nitrogens with two attached hydrogens (primary N) is 1. The van der Waals surface area contributed by atoms with Crippen molar-refractivity contribution in [2.45, 2.75) is 25.6 Å². The summed E-state index contributed by atoms with van der Waals surface area (Å²) in [5, 5.41) is 10.5. The molecule has 2 rings (SSSR count). The van der Waals surface area contributed by atoms with Crippen molar-refractivity contribution >= 4 is 5.69 Å². The zero-order chi connectivity index (χ0) is 14.9. The number of hydrogen-bond acceptors (Lipinski definition) is 4. The molecule has 2 N–H and O–H groups in total. The molecule has 1 aromatic carbocycles. The lowest BCUT2D eigenvalue weighted by molar-refractivity contribution is -0.142. The summed E-state index contributed by atoms with van der Waals surface area (Å²) in [6.45, 7) is 1.32. The van der Waals surface area contributed by atoms with E-state index in [1.807, 2.05) is 0 Å². The van der Waals surface area contributed by atoms with Crippen LogP contribution in [-0.4, -0.2) is 26.4 Å². The van der Waals surface area contributed by atoms with Gasteiger partial charge in [0.05, 0.1) is 12.5 Å². The summed E-state index contributed by atoms with van der Waals surface area (Å²) in [6, 6.07) is 2.50. The highest BCUT2D eigenvalue weighted by Crippen LogP contribution is 2.31. The summed E-state index contributed by atoms with van der Waals surface area (Å²) in [5.41, 5.74) is 6.02. The molecule has 9 heteroatoms. The number of nitrogen functional groups attached to an aromatic ring is 1. The van der Waals surface area contributed by atoms with Crippen molar-refractivity contribution in [3.63, 3.8) is 0 Å². The first-order chi connectivity index (χ1) is 9.28. The van der Waals surface area contributed by atoms with Crippen LogP contribution in [0.25, 0.3) is 11.4 Å². The number of alkyl halides is 3. The number of aromatic nitrogens is 4. The molecule has 0 saturated carbocycles. The van der Waals surface area contributed by atoms with Crippen LogP contribution < -0.4 is 5.73 Å². The van der Waals surface area contributed by atoms with Crippen molar-refractivity contribution < 1.29 is 17.6 Å². The Kier molecular flexibility index (Phi) is 3.60. The van der Waals surface area contributed by atoms with Gasteiger partial charge in [-0.15, -0.1) is 5.10 Å². The van der Waals surface area contributed by atoms with Crippen LogP contribution in [0, 0.1) is 5.82 Å². The average molecular weight is 289 g/mol. The number of nitrogens with zero attached hydrogens (tertiary/aromatic N) is 4. The Balaban J connectivity index is 2.40. The Labute approximate surface area is 111 Å². The molecule has 0 aliphatic carbocycles. The molecular weight excluding hydrogens is 278 g/mol. The van der Waals surface area contributed by atoms with Crippen LogP contribution in [0.3, 0.4) is 0 Å². The van der Waals surface area contributed by atoms with Gasteiger partial charge in [-0.05, 0) is 35.5 Å². The Bertz CT molecular complexity index is 607. The van der Waals surface area contributed by atoms with E-state index in [0.717, 1.165) is 16.8 Å². The molecule has 1 aromatic heterocycles. The molecule has 0 saturated heterocycles. The summed E-state index contributed by atoms with van der Waals surface area (Å²) < 4.78 is 51.4. The first kappa shape index (κ1) is 14.2. The number of hydrogen-bond donors (Lipinski definition) is 1. The topological polar surface area (TPSA) is 69.6 Å². The molecule has 0 spiro atoms. The van der Waals surface area contributed by atoms with Crippen LogP contribution in [0.4, 0.5) is 23.2 Å². The van der Waals surface area contributed by atoms with E-state index >= 15 is 0 Å². The third kappa shape index (κ3) is 3.03. The Hall–Kier alpha value is -2.19. The Morgan fingerprint density at radius 2 is 2.05 bits per heavy atom. The number of tetrazole rings is 1. The second kappa shape index (κ2) is 5.06. The second-order valence-corrected chi connectivity index (χ2v) is 4.35. The molecule has 1 atom stereocenters. The van der Waals surface area contributed by atoms with Gasteiger partial charge in [0.15, 0.2) is 5.82 Å². The molecule has 20 heavy (non-hydrogen) atoms. The molecule has 5 nitrogen and oxygen atoms in total. The maximum atomic E-state index is 13.2. The molecular formula is C11H11F4N5. The van der Waals surface area contributed by atoms with Crippen LogP contribution >= 0.6 is 0 Å². The fourth-order valence-corrected chi connectivity index (χ4v) is 1.81. The lowest BCUT2D eigenvalue weighted by Crippen LogP contribution is -2.18. The Morgan fingerprint density at radius 3 is 2.70 bits per heavy atom. The molecule has 0 aliphatic heterocycles. The van der Waals surface area contributed by atoms with Gasteiger partial charge in [-0.3, -0.25) is 0 Å². The van der Waals surface area contributed by atoms with E-state index in [1.54, 1.807) is 0 Å². The zero-order valence-corrected chi connectivity index (χ0v) is 10.4. The summed E-state index contributed by atoms with van der Waals surface area (Å²) in [5.74, 6) is -0.578.